The third-order valence-electron chi connectivity index (χ3n) is 5.57. The Bertz CT molecular complexity index is 773. The second-order valence-corrected chi connectivity index (χ2v) is 9.60. The summed E-state index contributed by atoms with van der Waals surface area (Å²) in [6, 6.07) is 7.77. The Morgan fingerprint density at radius 3 is 2.67 bits per heavy atom. The fraction of sp³-hybridized carbons (Fsp3) is 0.632. The summed E-state index contributed by atoms with van der Waals surface area (Å²) in [5.74, 6) is 0. The summed E-state index contributed by atoms with van der Waals surface area (Å²) < 4.78 is 31.2. The van der Waals surface area contributed by atoms with Gasteiger partial charge in [0.1, 0.15) is 0 Å². The number of rotatable bonds is 3. The number of piperidine rings is 1. The molecule has 0 radical (unpaired) electrons. The SMILES string of the molecule is CCc1cccc(NC(=O)N2CCC3(CC2)COCCN(S(C)(=O)=O)C3)c1. The molecule has 2 heterocycles. The molecule has 0 aromatic heterocycles. The van der Waals surface area contributed by atoms with Crippen molar-refractivity contribution in [3.8, 4) is 0 Å². The number of aryl methyl sites for hydroxylation is 1. The van der Waals surface area contributed by atoms with Gasteiger partial charge in [-0.3, -0.25) is 0 Å². The first-order valence-corrected chi connectivity index (χ1v) is 11.3. The maximum absolute atomic E-state index is 12.6. The minimum absolute atomic E-state index is 0.104. The number of anilines is 1. The van der Waals surface area contributed by atoms with Crippen LogP contribution in [0, 0.1) is 5.41 Å². The molecule has 8 heteroatoms. The highest BCUT2D eigenvalue weighted by atomic mass is 32.2. The van der Waals surface area contributed by atoms with E-state index in [0.717, 1.165) is 24.9 Å². The number of benzene rings is 1. The molecule has 3 rings (SSSR count). The van der Waals surface area contributed by atoms with Crippen molar-refractivity contribution in [1.82, 2.24) is 9.21 Å². The molecule has 2 aliphatic heterocycles. The number of carbonyl (C=O) groups excluding carboxylic acids is 1. The Labute approximate surface area is 161 Å². The molecule has 1 N–H and O–H groups in total. The predicted molar refractivity (Wildman–Crippen MR) is 105 cm³/mol. The van der Waals surface area contributed by atoms with Gasteiger partial charge >= 0.3 is 6.03 Å². The van der Waals surface area contributed by atoms with Gasteiger partial charge in [0.15, 0.2) is 0 Å². The normalized spacial score (nSPS) is 21.0. The van der Waals surface area contributed by atoms with E-state index in [1.54, 1.807) is 4.90 Å². The quantitative estimate of drug-likeness (QED) is 0.851. The van der Waals surface area contributed by atoms with E-state index in [-0.39, 0.29) is 11.4 Å². The number of carbonyl (C=O) groups is 1. The summed E-state index contributed by atoms with van der Waals surface area (Å²) in [6.45, 7) is 5.12. The Balaban J connectivity index is 1.61. The average molecular weight is 396 g/mol. The van der Waals surface area contributed by atoms with Crippen LogP contribution in [0.2, 0.25) is 0 Å². The topological polar surface area (TPSA) is 79.0 Å². The molecule has 2 aliphatic rings. The van der Waals surface area contributed by atoms with Crippen molar-refractivity contribution in [3.05, 3.63) is 29.8 Å². The highest BCUT2D eigenvalue weighted by Gasteiger charge is 2.41. The lowest BCUT2D eigenvalue weighted by molar-refractivity contribution is 0.0282. The molecule has 0 bridgehead atoms. The van der Waals surface area contributed by atoms with Gasteiger partial charge in [0.25, 0.3) is 0 Å². The van der Waals surface area contributed by atoms with Gasteiger partial charge in [-0.15, -0.1) is 0 Å². The van der Waals surface area contributed by atoms with E-state index in [4.69, 9.17) is 4.74 Å². The number of hydrogen-bond acceptors (Lipinski definition) is 4. The van der Waals surface area contributed by atoms with Crippen LogP contribution < -0.4 is 5.32 Å². The first kappa shape index (κ1) is 20.1. The molecule has 0 saturated carbocycles. The summed E-state index contributed by atoms with van der Waals surface area (Å²) in [7, 11) is -3.24. The summed E-state index contributed by atoms with van der Waals surface area (Å²) >= 11 is 0. The molecule has 2 saturated heterocycles. The maximum atomic E-state index is 12.6. The number of sulfonamides is 1. The minimum atomic E-state index is -3.24. The first-order valence-electron chi connectivity index (χ1n) is 9.49. The molecule has 0 atom stereocenters. The molecule has 7 nitrogen and oxygen atoms in total. The van der Waals surface area contributed by atoms with Crippen LogP contribution >= 0.6 is 0 Å². The van der Waals surface area contributed by atoms with Crippen molar-refractivity contribution >= 4 is 21.7 Å². The third-order valence-corrected chi connectivity index (χ3v) is 6.82. The van der Waals surface area contributed by atoms with Gasteiger partial charge in [-0.25, -0.2) is 13.2 Å². The molecule has 1 aromatic rings. The van der Waals surface area contributed by atoms with Crippen molar-refractivity contribution in [2.45, 2.75) is 26.2 Å². The largest absolute Gasteiger partial charge is 0.379 e. The van der Waals surface area contributed by atoms with E-state index in [2.05, 4.69) is 12.2 Å². The van der Waals surface area contributed by atoms with E-state index >= 15 is 0 Å². The minimum Gasteiger partial charge on any atom is -0.379 e. The van der Waals surface area contributed by atoms with Gasteiger partial charge in [0.2, 0.25) is 10.0 Å². The maximum Gasteiger partial charge on any atom is 0.321 e. The van der Waals surface area contributed by atoms with E-state index in [1.165, 1.54) is 16.1 Å². The van der Waals surface area contributed by atoms with Crippen molar-refractivity contribution in [1.29, 1.82) is 0 Å². The lowest BCUT2D eigenvalue weighted by Crippen LogP contribution is -2.50. The number of nitrogens with one attached hydrogen (secondary N) is 1. The summed E-state index contributed by atoms with van der Waals surface area (Å²) in [6.07, 6.45) is 3.65. The van der Waals surface area contributed by atoms with E-state index in [0.29, 0.717) is 39.4 Å². The molecule has 2 amide bonds. The number of amides is 2. The van der Waals surface area contributed by atoms with Crippen molar-refractivity contribution < 1.29 is 17.9 Å². The molecular weight excluding hydrogens is 366 g/mol. The van der Waals surface area contributed by atoms with Crippen LogP contribution in [0.25, 0.3) is 0 Å². The number of ether oxygens (including phenoxy) is 1. The van der Waals surface area contributed by atoms with Crippen LogP contribution in [0.4, 0.5) is 10.5 Å². The fourth-order valence-corrected chi connectivity index (χ4v) is 4.71. The second kappa shape index (κ2) is 8.16. The van der Waals surface area contributed by atoms with Crippen LogP contribution in [-0.4, -0.2) is 69.3 Å². The molecule has 2 fully saturated rings. The van der Waals surface area contributed by atoms with Crippen molar-refractivity contribution in [2.24, 2.45) is 5.41 Å². The average Bonchev–Trinajstić information content (AvgIpc) is 2.85. The zero-order valence-corrected chi connectivity index (χ0v) is 16.9. The number of urea groups is 1. The number of nitrogens with zero attached hydrogens (tertiary/aromatic N) is 2. The first-order chi connectivity index (χ1) is 12.8. The molecule has 0 aliphatic carbocycles. The highest BCUT2D eigenvalue weighted by molar-refractivity contribution is 7.88. The Kier molecular flexibility index (Phi) is 6.08. The monoisotopic (exact) mass is 395 g/mol. The predicted octanol–water partition coefficient (Wildman–Crippen LogP) is 2.15. The van der Waals surface area contributed by atoms with Gasteiger partial charge in [0.05, 0.1) is 19.5 Å². The summed E-state index contributed by atoms with van der Waals surface area (Å²) in [5.41, 5.74) is 1.78. The van der Waals surface area contributed by atoms with Crippen LogP contribution in [0.3, 0.4) is 0 Å². The van der Waals surface area contributed by atoms with Gasteiger partial charge < -0.3 is 15.0 Å². The van der Waals surface area contributed by atoms with Crippen molar-refractivity contribution in [3.63, 3.8) is 0 Å². The second-order valence-electron chi connectivity index (χ2n) is 7.62. The molecule has 150 valence electrons. The lowest BCUT2D eigenvalue weighted by atomic mass is 9.79. The van der Waals surface area contributed by atoms with Crippen LogP contribution in [0.1, 0.15) is 25.3 Å². The molecule has 0 unspecified atom stereocenters. The Morgan fingerprint density at radius 2 is 2.00 bits per heavy atom. The van der Waals surface area contributed by atoms with Crippen LogP contribution in [0.5, 0.6) is 0 Å². The zero-order valence-electron chi connectivity index (χ0n) is 16.1. The summed E-state index contributed by atoms with van der Waals surface area (Å²) in [4.78, 5) is 14.4. The van der Waals surface area contributed by atoms with Crippen molar-refractivity contribution in [2.75, 3.05) is 51.0 Å². The molecular formula is C19H29N3O4S. The molecule has 1 spiro atoms. The standard InChI is InChI=1S/C19H29N3O4S/c1-3-16-5-4-6-17(13-16)20-18(23)21-9-7-19(8-10-21)14-22(27(2,24)25)11-12-26-15-19/h4-6,13H,3,7-12,14-15H2,1-2H3,(H,20,23). The van der Waals surface area contributed by atoms with E-state index < -0.39 is 10.0 Å². The fourth-order valence-electron chi connectivity index (χ4n) is 3.80. The number of hydrogen-bond donors (Lipinski definition) is 1. The number of likely N-dealkylation sites (tertiary alicyclic amines) is 1. The third kappa shape index (κ3) is 5.00. The van der Waals surface area contributed by atoms with E-state index in [9.17, 15) is 13.2 Å². The lowest BCUT2D eigenvalue weighted by Gasteiger charge is -2.42. The molecule has 1 aromatic carbocycles. The Morgan fingerprint density at radius 1 is 1.26 bits per heavy atom. The van der Waals surface area contributed by atoms with Gasteiger partial charge in [-0.1, -0.05) is 19.1 Å². The smallest absolute Gasteiger partial charge is 0.321 e. The van der Waals surface area contributed by atoms with Crippen LogP contribution in [-0.2, 0) is 21.2 Å². The van der Waals surface area contributed by atoms with Gasteiger partial charge in [-0.05, 0) is 37.0 Å². The Hall–Kier alpha value is -1.64. The summed E-state index contributed by atoms with van der Waals surface area (Å²) in [5, 5.41) is 2.97. The zero-order chi connectivity index (χ0) is 19.5. The van der Waals surface area contributed by atoms with Gasteiger partial charge in [-0.2, -0.15) is 4.31 Å². The van der Waals surface area contributed by atoms with E-state index in [1.807, 2.05) is 24.3 Å². The van der Waals surface area contributed by atoms with Crippen LogP contribution in [0.15, 0.2) is 24.3 Å². The highest BCUT2D eigenvalue weighted by Crippen LogP contribution is 2.35. The van der Waals surface area contributed by atoms with Gasteiger partial charge in [0, 0.05) is 37.3 Å². The molecule has 27 heavy (non-hydrogen) atoms.